The molecule has 2 N–H and O–H groups in total. The molecule has 4 heteroatoms. The fourth-order valence-electron chi connectivity index (χ4n) is 4.94. The number of ether oxygens (including phenoxy) is 1. The number of benzene rings is 1. The van der Waals surface area contributed by atoms with E-state index in [1.54, 1.807) is 0 Å². The van der Waals surface area contributed by atoms with E-state index in [4.69, 9.17) is 4.74 Å². The summed E-state index contributed by atoms with van der Waals surface area (Å²) in [5.41, 5.74) is 2.60. The summed E-state index contributed by atoms with van der Waals surface area (Å²) in [6.45, 7) is 11.6. The number of aliphatic hydroxyl groups is 2. The standard InChI is InChI=1S/C29H43NO3/c1-7-8-11-20(2)26(32)16-15-21(12-10-17-30(6)29(3,4)5)23-13-9-14-24-25-18-22(31)19-27(25)33-28(23)24/h9,13-16,20-22,25-27,31-32H,10-12,17-19H2,1-6H3/t20-,21+,22+,25-,26+,27-/m0/s1. The Labute approximate surface area is 201 Å². The fourth-order valence-corrected chi connectivity index (χ4v) is 4.94. The lowest BCUT2D eigenvalue weighted by molar-refractivity contribution is 0.152. The Morgan fingerprint density at radius 1 is 1.24 bits per heavy atom. The van der Waals surface area contributed by atoms with Crippen molar-refractivity contribution in [2.45, 2.75) is 102 Å². The lowest BCUT2D eigenvalue weighted by atomic mass is 9.88. The van der Waals surface area contributed by atoms with E-state index in [0.29, 0.717) is 18.8 Å². The zero-order chi connectivity index (χ0) is 24.2. The van der Waals surface area contributed by atoms with Gasteiger partial charge in [0.15, 0.2) is 0 Å². The van der Waals surface area contributed by atoms with Crippen LogP contribution in [0.15, 0.2) is 30.4 Å². The molecule has 1 heterocycles. The van der Waals surface area contributed by atoms with Crippen LogP contribution < -0.4 is 4.74 Å². The summed E-state index contributed by atoms with van der Waals surface area (Å²) in [7, 11) is 2.18. The number of hydrogen-bond acceptors (Lipinski definition) is 4. The molecule has 1 aromatic rings. The third kappa shape index (κ3) is 6.41. The highest BCUT2D eigenvalue weighted by atomic mass is 16.5. The van der Waals surface area contributed by atoms with Crippen molar-refractivity contribution in [2.75, 3.05) is 13.6 Å². The topological polar surface area (TPSA) is 52.9 Å². The van der Waals surface area contributed by atoms with Crippen molar-refractivity contribution in [2.24, 2.45) is 5.92 Å². The van der Waals surface area contributed by atoms with E-state index in [1.807, 2.05) is 19.9 Å². The summed E-state index contributed by atoms with van der Waals surface area (Å²) >= 11 is 0. The highest BCUT2D eigenvalue weighted by Crippen LogP contribution is 2.50. The van der Waals surface area contributed by atoms with E-state index in [1.165, 1.54) is 11.1 Å². The Morgan fingerprint density at radius 3 is 2.70 bits per heavy atom. The van der Waals surface area contributed by atoms with Gasteiger partial charge >= 0.3 is 0 Å². The molecule has 0 unspecified atom stereocenters. The van der Waals surface area contributed by atoms with Crippen molar-refractivity contribution in [3.8, 4) is 17.6 Å². The second-order valence-electron chi connectivity index (χ2n) is 11.0. The highest BCUT2D eigenvalue weighted by molar-refractivity contribution is 5.50. The van der Waals surface area contributed by atoms with E-state index >= 15 is 0 Å². The Kier molecular flexibility index (Phi) is 8.67. The third-order valence-corrected chi connectivity index (χ3v) is 7.50. The van der Waals surface area contributed by atoms with Gasteiger partial charge in [0, 0.05) is 41.3 Å². The SMILES string of the molecule is CC#CC[C@H](C)[C@H](O)C=C[C@@H](CCCN(C)C(C)(C)C)c1cccc2c1O[C@H]1C[C@H](O)C[C@@H]21. The van der Waals surface area contributed by atoms with Crippen LogP contribution in [0.25, 0.3) is 0 Å². The second kappa shape index (κ2) is 11.1. The quantitative estimate of drug-likeness (QED) is 0.396. The van der Waals surface area contributed by atoms with Crippen molar-refractivity contribution in [3.63, 3.8) is 0 Å². The summed E-state index contributed by atoms with van der Waals surface area (Å²) in [5.74, 6) is 7.58. The monoisotopic (exact) mass is 453 g/mol. The normalized spacial score (nSPS) is 24.7. The van der Waals surface area contributed by atoms with Gasteiger partial charge in [-0.3, -0.25) is 0 Å². The van der Waals surface area contributed by atoms with Crippen molar-refractivity contribution >= 4 is 0 Å². The van der Waals surface area contributed by atoms with Gasteiger partial charge in [0.25, 0.3) is 0 Å². The maximum Gasteiger partial charge on any atom is 0.127 e. The number of hydrogen-bond donors (Lipinski definition) is 2. The van der Waals surface area contributed by atoms with Crippen molar-refractivity contribution in [1.82, 2.24) is 4.90 Å². The maximum absolute atomic E-state index is 10.7. The molecule has 0 spiro atoms. The van der Waals surface area contributed by atoms with Gasteiger partial charge in [0.2, 0.25) is 0 Å². The van der Waals surface area contributed by atoms with Gasteiger partial charge in [0.05, 0.1) is 12.2 Å². The number of para-hydroxylation sites is 1. The van der Waals surface area contributed by atoms with Crippen LogP contribution in [-0.2, 0) is 0 Å². The number of allylic oxidation sites excluding steroid dienone is 1. The van der Waals surface area contributed by atoms with E-state index in [2.05, 4.69) is 68.8 Å². The van der Waals surface area contributed by atoms with Crippen LogP contribution in [0.3, 0.4) is 0 Å². The zero-order valence-corrected chi connectivity index (χ0v) is 21.3. The van der Waals surface area contributed by atoms with Crippen molar-refractivity contribution in [1.29, 1.82) is 0 Å². The third-order valence-electron chi connectivity index (χ3n) is 7.50. The molecule has 1 fully saturated rings. The highest BCUT2D eigenvalue weighted by Gasteiger charge is 2.43. The molecular weight excluding hydrogens is 410 g/mol. The van der Waals surface area contributed by atoms with Gasteiger partial charge in [0.1, 0.15) is 11.9 Å². The van der Waals surface area contributed by atoms with Crippen LogP contribution in [0.5, 0.6) is 5.75 Å². The van der Waals surface area contributed by atoms with Crippen LogP contribution >= 0.6 is 0 Å². The minimum atomic E-state index is -0.516. The molecule has 33 heavy (non-hydrogen) atoms. The molecule has 4 nitrogen and oxygen atoms in total. The Bertz CT molecular complexity index is 875. The first-order valence-corrected chi connectivity index (χ1v) is 12.6. The largest absolute Gasteiger partial charge is 0.489 e. The molecule has 6 atom stereocenters. The molecule has 2 aliphatic rings. The Hall–Kier alpha value is -1.80. The van der Waals surface area contributed by atoms with E-state index in [9.17, 15) is 10.2 Å². The molecule has 3 rings (SSSR count). The van der Waals surface area contributed by atoms with Gasteiger partial charge in [-0.05, 0) is 66.5 Å². The number of aliphatic hydroxyl groups excluding tert-OH is 2. The van der Waals surface area contributed by atoms with E-state index < -0.39 is 6.10 Å². The van der Waals surface area contributed by atoms with Gasteiger partial charge in [-0.15, -0.1) is 11.8 Å². The van der Waals surface area contributed by atoms with Crippen LogP contribution in [0.4, 0.5) is 0 Å². The predicted molar refractivity (Wildman–Crippen MR) is 136 cm³/mol. The summed E-state index contributed by atoms with van der Waals surface area (Å²) in [4.78, 5) is 2.39. The average Bonchev–Trinajstić information content (AvgIpc) is 3.29. The lowest BCUT2D eigenvalue weighted by Gasteiger charge is -2.32. The Balaban J connectivity index is 1.80. The molecule has 1 saturated carbocycles. The first kappa shape index (κ1) is 25.8. The van der Waals surface area contributed by atoms with Crippen molar-refractivity contribution in [3.05, 3.63) is 41.5 Å². The molecular formula is C29H43NO3. The number of fused-ring (bicyclic) bond motifs is 3. The molecule has 1 aliphatic carbocycles. The molecule has 1 aliphatic heterocycles. The minimum Gasteiger partial charge on any atom is -0.489 e. The van der Waals surface area contributed by atoms with Crippen LogP contribution in [-0.4, -0.2) is 52.6 Å². The summed E-state index contributed by atoms with van der Waals surface area (Å²) in [6.07, 6.45) is 7.69. The van der Waals surface area contributed by atoms with Gasteiger partial charge < -0.3 is 19.8 Å². The summed E-state index contributed by atoms with van der Waals surface area (Å²) in [6, 6.07) is 6.47. The number of rotatable bonds is 9. The molecule has 0 radical (unpaired) electrons. The fraction of sp³-hybridized carbons (Fsp3) is 0.655. The average molecular weight is 454 g/mol. The summed E-state index contributed by atoms with van der Waals surface area (Å²) < 4.78 is 6.42. The van der Waals surface area contributed by atoms with Crippen LogP contribution in [0.2, 0.25) is 0 Å². The van der Waals surface area contributed by atoms with Crippen LogP contribution in [0.1, 0.15) is 89.7 Å². The summed E-state index contributed by atoms with van der Waals surface area (Å²) in [5, 5.41) is 20.8. The molecule has 0 bridgehead atoms. The molecule has 1 aromatic carbocycles. The first-order chi connectivity index (χ1) is 15.6. The first-order valence-electron chi connectivity index (χ1n) is 12.6. The van der Waals surface area contributed by atoms with E-state index in [-0.39, 0.29) is 29.6 Å². The second-order valence-corrected chi connectivity index (χ2v) is 11.0. The maximum atomic E-state index is 10.7. The molecule has 0 aromatic heterocycles. The minimum absolute atomic E-state index is 0.0889. The van der Waals surface area contributed by atoms with Crippen LogP contribution in [0, 0.1) is 17.8 Å². The smallest absolute Gasteiger partial charge is 0.127 e. The molecule has 0 amide bonds. The van der Waals surface area contributed by atoms with Gasteiger partial charge in [-0.2, -0.15) is 0 Å². The van der Waals surface area contributed by atoms with Gasteiger partial charge in [-0.1, -0.05) is 37.3 Å². The number of nitrogens with zero attached hydrogens (tertiary/aromatic N) is 1. The van der Waals surface area contributed by atoms with Gasteiger partial charge in [-0.25, -0.2) is 0 Å². The van der Waals surface area contributed by atoms with Crippen molar-refractivity contribution < 1.29 is 14.9 Å². The molecule has 0 saturated heterocycles. The Morgan fingerprint density at radius 2 is 2.00 bits per heavy atom. The lowest BCUT2D eigenvalue weighted by Crippen LogP contribution is -2.38. The predicted octanol–water partition coefficient (Wildman–Crippen LogP) is 5.25. The zero-order valence-electron chi connectivity index (χ0n) is 21.3. The van der Waals surface area contributed by atoms with E-state index in [0.717, 1.165) is 31.6 Å². The molecule has 182 valence electrons.